The Kier molecular flexibility index (Phi) is 11.0. The van der Waals surface area contributed by atoms with Crippen LogP contribution >= 0.6 is 0 Å². The normalized spacial score (nSPS) is 17.0. The Morgan fingerprint density at radius 1 is 1.11 bits per heavy atom. The van der Waals surface area contributed by atoms with E-state index in [9.17, 15) is 14.7 Å². The highest BCUT2D eigenvalue weighted by atomic mass is 16.5. The zero-order valence-electron chi connectivity index (χ0n) is 19.9. The van der Waals surface area contributed by atoms with E-state index < -0.39 is 11.9 Å². The van der Waals surface area contributed by atoms with Crippen LogP contribution in [0.5, 0.6) is 5.75 Å². The van der Waals surface area contributed by atoms with Gasteiger partial charge in [-0.1, -0.05) is 42.5 Å². The van der Waals surface area contributed by atoms with Crippen molar-refractivity contribution < 1.29 is 24.9 Å². The van der Waals surface area contributed by atoms with Crippen molar-refractivity contribution in [3.05, 3.63) is 65.7 Å². The third-order valence-corrected chi connectivity index (χ3v) is 6.06. The largest absolute Gasteiger partial charge is 0.491 e. The maximum absolute atomic E-state index is 12.9. The Morgan fingerprint density at radius 2 is 1.83 bits per heavy atom. The number of rotatable bonds is 13. The summed E-state index contributed by atoms with van der Waals surface area (Å²) in [5.41, 5.74) is 7.65. The van der Waals surface area contributed by atoms with E-state index in [1.54, 1.807) is 0 Å². The molecule has 3 rings (SSSR count). The maximum Gasteiger partial charge on any atom is 0.304 e. The Morgan fingerprint density at radius 3 is 2.54 bits per heavy atom. The van der Waals surface area contributed by atoms with Gasteiger partial charge in [-0.3, -0.25) is 15.0 Å². The van der Waals surface area contributed by atoms with Crippen LogP contribution in [0.15, 0.2) is 54.6 Å². The van der Waals surface area contributed by atoms with Crippen molar-refractivity contribution in [2.45, 2.75) is 44.6 Å². The SMILES string of the molecule is N=C(N)NCCCc1cccc(OC[C@@H]2C[C@@H](CC(=O)O)C(=O)N2CCCc2ccccc2)c1.O. The van der Waals surface area contributed by atoms with Crippen molar-refractivity contribution in [3.8, 4) is 5.75 Å². The third-order valence-electron chi connectivity index (χ3n) is 6.06. The number of amides is 1. The van der Waals surface area contributed by atoms with E-state index in [1.807, 2.05) is 47.4 Å². The minimum atomic E-state index is -0.948. The summed E-state index contributed by atoms with van der Waals surface area (Å²) in [7, 11) is 0. The number of carbonyl (C=O) groups is 2. The van der Waals surface area contributed by atoms with Gasteiger partial charge in [-0.05, 0) is 55.4 Å². The van der Waals surface area contributed by atoms with Gasteiger partial charge < -0.3 is 31.3 Å². The summed E-state index contributed by atoms with van der Waals surface area (Å²) < 4.78 is 6.06. The number of carboxylic acid groups (broad SMARTS) is 1. The fourth-order valence-electron chi connectivity index (χ4n) is 4.40. The molecule has 0 unspecified atom stereocenters. The quantitative estimate of drug-likeness (QED) is 0.193. The van der Waals surface area contributed by atoms with Crippen molar-refractivity contribution in [2.24, 2.45) is 11.7 Å². The molecule has 2 aromatic carbocycles. The molecule has 35 heavy (non-hydrogen) atoms. The Labute approximate surface area is 206 Å². The van der Waals surface area contributed by atoms with Crippen molar-refractivity contribution >= 4 is 17.8 Å². The van der Waals surface area contributed by atoms with Crippen molar-refractivity contribution in [1.82, 2.24) is 10.2 Å². The molecule has 7 N–H and O–H groups in total. The van der Waals surface area contributed by atoms with Gasteiger partial charge in [0.05, 0.1) is 18.4 Å². The lowest BCUT2D eigenvalue weighted by Crippen LogP contribution is -2.38. The second-order valence-corrected chi connectivity index (χ2v) is 8.71. The number of nitrogens with two attached hydrogens (primary N) is 1. The fourth-order valence-corrected chi connectivity index (χ4v) is 4.40. The second-order valence-electron chi connectivity index (χ2n) is 8.71. The summed E-state index contributed by atoms with van der Waals surface area (Å²) in [6.07, 6.45) is 3.69. The summed E-state index contributed by atoms with van der Waals surface area (Å²) in [5, 5.41) is 19.2. The van der Waals surface area contributed by atoms with Crippen molar-refractivity contribution in [3.63, 3.8) is 0 Å². The monoisotopic (exact) mass is 484 g/mol. The van der Waals surface area contributed by atoms with Crippen LogP contribution in [0.25, 0.3) is 0 Å². The van der Waals surface area contributed by atoms with Gasteiger partial charge in [0.1, 0.15) is 12.4 Å². The molecule has 1 amide bonds. The van der Waals surface area contributed by atoms with Gasteiger partial charge in [0.15, 0.2) is 5.96 Å². The molecule has 1 aliphatic rings. The van der Waals surface area contributed by atoms with Crippen LogP contribution in [0.1, 0.15) is 36.8 Å². The lowest BCUT2D eigenvalue weighted by Gasteiger charge is -2.25. The lowest BCUT2D eigenvalue weighted by molar-refractivity contribution is -0.142. The molecule has 0 spiro atoms. The summed E-state index contributed by atoms with van der Waals surface area (Å²) >= 11 is 0. The van der Waals surface area contributed by atoms with Crippen molar-refractivity contribution in [2.75, 3.05) is 19.7 Å². The number of carbonyl (C=O) groups excluding carboxylic acids is 1. The molecule has 1 saturated heterocycles. The molecule has 2 atom stereocenters. The first kappa shape index (κ1) is 27.7. The van der Waals surface area contributed by atoms with Crippen LogP contribution in [0.4, 0.5) is 0 Å². The van der Waals surface area contributed by atoms with E-state index in [4.69, 9.17) is 15.9 Å². The second kappa shape index (κ2) is 14.0. The standard InChI is InChI=1S/C26H34N4O4.H2O/c27-26(28)29-13-5-10-20-9-4-12-23(15-20)34-18-22-16-21(17-24(31)32)25(33)30(22)14-6-11-19-7-2-1-3-8-19;/h1-4,7-9,12,15,21-22H,5-6,10-11,13-14,16-18H2,(H,31,32)(H4,27,28,29);1H2/t21-,22-;/m0./s1. The van der Waals surface area contributed by atoms with Crippen LogP contribution < -0.4 is 15.8 Å². The van der Waals surface area contributed by atoms with Gasteiger partial charge in [0.2, 0.25) is 5.91 Å². The van der Waals surface area contributed by atoms with Crippen LogP contribution in [0, 0.1) is 11.3 Å². The molecule has 9 nitrogen and oxygen atoms in total. The maximum atomic E-state index is 12.9. The molecule has 1 heterocycles. The first-order chi connectivity index (χ1) is 16.4. The van der Waals surface area contributed by atoms with E-state index in [0.29, 0.717) is 26.1 Å². The number of hydrogen-bond donors (Lipinski definition) is 4. The number of aliphatic carboxylic acids is 1. The zero-order valence-corrected chi connectivity index (χ0v) is 19.9. The molecule has 9 heteroatoms. The summed E-state index contributed by atoms with van der Waals surface area (Å²) in [6, 6.07) is 17.8. The number of guanidine groups is 1. The third kappa shape index (κ3) is 8.94. The molecule has 190 valence electrons. The van der Waals surface area contributed by atoms with Crippen LogP contribution in [0.2, 0.25) is 0 Å². The zero-order chi connectivity index (χ0) is 24.3. The highest BCUT2D eigenvalue weighted by Gasteiger charge is 2.40. The molecule has 1 fully saturated rings. The summed E-state index contributed by atoms with van der Waals surface area (Å²) in [4.78, 5) is 26.0. The molecule has 0 saturated carbocycles. The van der Waals surface area contributed by atoms with E-state index in [2.05, 4.69) is 17.4 Å². The van der Waals surface area contributed by atoms with Crippen LogP contribution in [-0.2, 0) is 22.4 Å². The van der Waals surface area contributed by atoms with Gasteiger partial charge in [0, 0.05) is 13.1 Å². The molecule has 0 radical (unpaired) electrons. The van der Waals surface area contributed by atoms with E-state index in [-0.39, 0.29) is 29.8 Å². The number of nitrogens with zero attached hydrogens (tertiary/aromatic N) is 1. The van der Waals surface area contributed by atoms with Crippen LogP contribution in [-0.4, -0.2) is 59.1 Å². The summed E-state index contributed by atoms with van der Waals surface area (Å²) in [6.45, 7) is 1.55. The summed E-state index contributed by atoms with van der Waals surface area (Å²) in [5.74, 6) is -0.831. The van der Waals surface area contributed by atoms with E-state index in [1.165, 1.54) is 5.56 Å². The Hall–Kier alpha value is -3.59. The number of nitrogens with one attached hydrogen (secondary N) is 2. The number of ether oxygens (including phenoxy) is 1. The molecule has 1 aliphatic heterocycles. The first-order valence-corrected chi connectivity index (χ1v) is 11.8. The molecular formula is C26H36N4O5. The lowest BCUT2D eigenvalue weighted by atomic mass is 10.0. The van der Waals surface area contributed by atoms with Gasteiger partial charge in [0.25, 0.3) is 0 Å². The smallest absolute Gasteiger partial charge is 0.304 e. The molecular weight excluding hydrogens is 448 g/mol. The number of benzene rings is 2. The van der Waals surface area contributed by atoms with Gasteiger partial charge in [-0.2, -0.15) is 0 Å². The van der Waals surface area contributed by atoms with Gasteiger partial charge in [-0.15, -0.1) is 0 Å². The molecule has 0 aliphatic carbocycles. The predicted molar refractivity (Wildman–Crippen MR) is 134 cm³/mol. The minimum absolute atomic E-state index is 0. The number of carboxylic acids is 1. The molecule has 0 aromatic heterocycles. The van der Waals surface area contributed by atoms with E-state index >= 15 is 0 Å². The average Bonchev–Trinajstić information content (AvgIpc) is 3.10. The number of hydrogen-bond acceptors (Lipinski definition) is 4. The minimum Gasteiger partial charge on any atom is -0.491 e. The molecule has 0 bridgehead atoms. The van der Waals surface area contributed by atoms with Gasteiger partial charge >= 0.3 is 5.97 Å². The topological polar surface area (TPSA) is 160 Å². The first-order valence-electron chi connectivity index (χ1n) is 11.8. The van der Waals surface area contributed by atoms with Crippen LogP contribution in [0.3, 0.4) is 0 Å². The number of aryl methyl sites for hydroxylation is 2. The van der Waals surface area contributed by atoms with E-state index in [0.717, 1.165) is 37.0 Å². The highest BCUT2D eigenvalue weighted by Crippen LogP contribution is 2.29. The average molecular weight is 485 g/mol. The van der Waals surface area contributed by atoms with Crippen molar-refractivity contribution in [1.29, 1.82) is 5.41 Å². The van der Waals surface area contributed by atoms with Gasteiger partial charge in [-0.25, -0.2) is 0 Å². The predicted octanol–water partition coefficient (Wildman–Crippen LogP) is 1.98. The number of likely N-dealkylation sites (tertiary alicyclic amines) is 1. The fraction of sp³-hybridized carbons (Fsp3) is 0.423. The molecule has 2 aromatic rings. The Balaban J connectivity index is 0.00000432. The highest BCUT2D eigenvalue weighted by molar-refractivity contribution is 5.85. The Bertz CT molecular complexity index is 969.